The summed E-state index contributed by atoms with van der Waals surface area (Å²) in [5.41, 5.74) is 2.66. The largest absolute Gasteiger partial charge is 0.297 e. The standard InChI is InChI=1S/C18H19F2N/c1-13(21-8-2-3-9-21)14-4-6-15(7-5-14)16-10-17(19)12-18(20)11-16/h4-7,10-13H,2-3,8-9H2,1H3. The smallest absolute Gasteiger partial charge is 0.126 e. The van der Waals surface area contributed by atoms with Crippen molar-refractivity contribution >= 4 is 0 Å². The highest BCUT2D eigenvalue weighted by molar-refractivity contribution is 5.63. The molecule has 0 aliphatic carbocycles. The lowest BCUT2D eigenvalue weighted by Crippen LogP contribution is -2.23. The second kappa shape index (κ2) is 5.94. The molecule has 0 saturated carbocycles. The lowest BCUT2D eigenvalue weighted by Gasteiger charge is -2.24. The van der Waals surface area contributed by atoms with Gasteiger partial charge in [0.15, 0.2) is 0 Å². The van der Waals surface area contributed by atoms with E-state index in [0.717, 1.165) is 24.7 Å². The average molecular weight is 287 g/mol. The molecule has 3 heteroatoms. The van der Waals surface area contributed by atoms with Crippen LogP contribution in [-0.4, -0.2) is 18.0 Å². The second-order valence-corrected chi connectivity index (χ2v) is 5.70. The van der Waals surface area contributed by atoms with E-state index in [9.17, 15) is 8.78 Å². The first-order valence-electron chi connectivity index (χ1n) is 7.44. The first-order chi connectivity index (χ1) is 10.1. The summed E-state index contributed by atoms with van der Waals surface area (Å²) in [4.78, 5) is 2.47. The van der Waals surface area contributed by atoms with Gasteiger partial charge in [-0.05, 0) is 61.7 Å². The molecule has 3 rings (SSSR count). The van der Waals surface area contributed by atoms with E-state index in [1.54, 1.807) is 0 Å². The van der Waals surface area contributed by atoms with E-state index in [0.29, 0.717) is 11.6 Å². The first-order valence-corrected chi connectivity index (χ1v) is 7.44. The van der Waals surface area contributed by atoms with Crippen LogP contribution in [0.5, 0.6) is 0 Å². The maximum absolute atomic E-state index is 13.3. The summed E-state index contributed by atoms with van der Waals surface area (Å²) in [7, 11) is 0. The third kappa shape index (κ3) is 3.13. The Labute approximate surface area is 124 Å². The molecular weight excluding hydrogens is 268 g/mol. The molecule has 2 aromatic carbocycles. The van der Waals surface area contributed by atoms with Crippen LogP contribution < -0.4 is 0 Å². The zero-order valence-electron chi connectivity index (χ0n) is 12.2. The molecule has 2 aromatic rings. The molecule has 0 amide bonds. The highest BCUT2D eigenvalue weighted by atomic mass is 19.1. The molecule has 1 nitrogen and oxygen atoms in total. The Balaban J connectivity index is 1.83. The predicted molar refractivity (Wildman–Crippen MR) is 81.0 cm³/mol. The molecule has 0 spiro atoms. The molecule has 1 saturated heterocycles. The maximum Gasteiger partial charge on any atom is 0.126 e. The van der Waals surface area contributed by atoms with Crippen molar-refractivity contribution < 1.29 is 8.78 Å². The Hall–Kier alpha value is -1.74. The van der Waals surface area contributed by atoms with Crippen LogP contribution in [0.15, 0.2) is 42.5 Å². The molecule has 1 aliphatic heterocycles. The summed E-state index contributed by atoms with van der Waals surface area (Å²) in [6.07, 6.45) is 2.54. The van der Waals surface area contributed by atoms with E-state index in [4.69, 9.17) is 0 Å². The van der Waals surface area contributed by atoms with Gasteiger partial charge in [-0.3, -0.25) is 4.90 Å². The quantitative estimate of drug-likeness (QED) is 0.784. The van der Waals surface area contributed by atoms with Crippen molar-refractivity contribution in [3.8, 4) is 11.1 Å². The molecule has 1 fully saturated rings. The van der Waals surface area contributed by atoms with Crippen LogP contribution in [-0.2, 0) is 0 Å². The van der Waals surface area contributed by atoms with Crippen molar-refractivity contribution in [3.05, 3.63) is 59.7 Å². The number of hydrogen-bond acceptors (Lipinski definition) is 1. The Morgan fingerprint density at radius 3 is 2.00 bits per heavy atom. The van der Waals surface area contributed by atoms with Gasteiger partial charge >= 0.3 is 0 Å². The van der Waals surface area contributed by atoms with E-state index in [2.05, 4.69) is 24.0 Å². The fourth-order valence-electron chi connectivity index (χ4n) is 3.01. The van der Waals surface area contributed by atoms with Crippen LogP contribution in [0.1, 0.15) is 31.4 Å². The van der Waals surface area contributed by atoms with E-state index in [1.807, 2.05) is 12.1 Å². The number of likely N-dealkylation sites (tertiary alicyclic amines) is 1. The Morgan fingerprint density at radius 2 is 1.43 bits per heavy atom. The minimum atomic E-state index is -0.542. The van der Waals surface area contributed by atoms with Crippen molar-refractivity contribution in [2.45, 2.75) is 25.8 Å². The van der Waals surface area contributed by atoms with Crippen molar-refractivity contribution in [3.63, 3.8) is 0 Å². The van der Waals surface area contributed by atoms with Crippen LogP contribution in [0, 0.1) is 11.6 Å². The number of benzene rings is 2. The molecular formula is C18H19F2N. The van der Waals surface area contributed by atoms with Crippen molar-refractivity contribution in [1.29, 1.82) is 0 Å². The Kier molecular flexibility index (Phi) is 4.02. The zero-order chi connectivity index (χ0) is 14.8. The van der Waals surface area contributed by atoms with E-state index < -0.39 is 11.6 Å². The summed E-state index contributed by atoms with van der Waals surface area (Å²) < 4.78 is 26.6. The number of hydrogen-bond donors (Lipinski definition) is 0. The molecule has 0 radical (unpaired) electrons. The van der Waals surface area contributed by atoms with Gasteiger partial charge in [0.25, 0.3) is 0 Å². The highest BCUT2D eigenvalue weighted by Crippen LogP contribution is 2.27. The zero-order valence-corrected chi connectivity index (χ0v) is 12.2. The van der Waals surface area contributed by atoms with Crippen LogP contribution >= 0.6 is 0 Å². The lowest BCUT2D eigenvalue weighted by molar-refractivity contribution is 0.263. The molecule has 0 bridgehead atoms. The molecule has 1 unspecified atom stereocenters. The average Bonchev–Trinajstić information content (AvgIpc) is 3.00. The van der Waals surface area contributed by atoms with E-state index in [-0.39, 0.29) is 0 Å². The highest BCUT2D eigenvalue weighted by Gasteiger charge is 2.19. The normalized spacial score (nSPS) is 17.1. The summed E-state index contributed by atoms with van der Waals surface area (Å²) >= 11 is 0. The number of rotatable bonds is 3. The van der Waals surface area contributed by atoms with Gasteiger partial charge in [-0.15, -0.1) is 0 Å². The SMILES string of the molecule is CC(c1ccc(-c2cc(F)cc(F)c2)cc1)N1CCCC1. The van der Waals surface area contributed by atoms with Crippen molar-refractivity contribution in [2.24, 2.45) is 0 Å². The fraction of sp³-hybridized carbons (Fsp3) is 0.333. The van der Waals surface area contributed by atoms with Gasteiger partial charge < -0.3 is 0 Å². The maximum atomic E-state index is 13.3. The molecule has 0 N–H and O–H groups in total. The Bertz CT molecular complexity index is 595. The molecule has 1 aliphatic rings. The third-order valence-corrected chi connectivity index (χ3v) is 4.28. The topological polar surface area (TPSA) is 3.24 Å². The number of nitrogens with zero attached hydrogens (tertiary/aromatic N) is 1. The van der Waals surface area contributed by atoms with Crippen LogP contribution in [0.25, 0.3) is 11.1 Å². The number of halogens is 2. The molecule has 1 heterocycles. The minimum absolute atomic E-state index is 0.394. The summed E-state index contributed by atoms with van der Waals surface area (Å²) in [6.45, 7) is 4.51. The van der Waals surface area contributed by atoms with E-state index in [1.165, 1.54) is 30.5 Å². The van der Waals surface area contributed by atoms with Gasteiger partial charge in [-0.1, -0.05) is 24.3 Å². The monoisotopic (exact) mass is 287 g/mol. The van der Waals surface area contributed by atoms with Gasteiger partial charge in [0.2, 0.25) is 0 Å². The van der Waals surface area contributed by atoms with Gasteiger partial charge in [0.1, 0.15) is 11.6 Å². The Morgan fingerprint density at radius 1 is 0.857 bits per heavy atom. The second-order valence-electron chi connectivity index (χ2n) is 5.70. The molecule has 21 heavy (non-hydrogen) atoms. The third-order valence-electron chi connectivity index (χ3n) is 4.28. The first kappa shape index (κ1) is 14.2. The predicted octanol–water partition coefficient (Wildman–Crippen LogP) is 4.79. The van der Waals surface area contributed by atoms with Crippen LogP contribution in [0.3, 0.4) is 0 Å². The van der Waals surface area contributed by atoms with Gasteiger partial charge in [-0.2, -0.15) is 0 Å². The molecule has 110 valence electrons. The minimum Gasteiger partial charge on any atom is -0.297 e. The van der Waals surface area contributed by atoms with Gasteiger partial charge in [0.05, 0.1) is 0 Å². The summed E-state index contributed by atoms with van der Waals surface area (Å²) in [6, 6.07) is 12.0. The van der Waals surface area contributed by atoms with Gasteiger partial charge in [-0.25, -0.2) is 8.78 Å². The van der Waals surface area contributed by atoms with Crippen molar-refractivity contribution in [1.82, 2.24) is 4.90 Å². The van der Waals surface area contributed by atoms with Crippen LogP contribution in [0.4, 0.5) is 8.78 Å². The summed E-state index contributed by atoms with van der Waals surface area (Å²) in [5.74, 6) is -1.08. The van der Waals surface area contributed by atoms with Gasteiger partial charge in [0, 0.05) is 12.1 Å². The summed E-state index contributed by atoms with van der Waals surface area (Å²) in [5, 5.41) is 0. The van der Waals surface area contributed by atoms with Crippen LogP contribution in [0.2, 0.25) is 0 Å². The fourth-order valence-corrected chi connectivity index (χ4v) is 3.01. The molecule has 0 aromatic heterocycles. The van der Waals surface area contributed by atoms with Crippen molar-refractivity contribution in [2.75, 3.05) is 13.1 Å². The molecule has 1 atom stereocenters. The lowest BCUT2D eigenvalue weighted by atomic mass is 10.0. The van der Waals surface area contributed by atoms with E-state index >= 15 is 0 Å².